The third-order valence-electron chi connectivity index (χ3n) is 2.88. The normalized spacial score (nSPS) is 15.2. The predicted molar refractivity (Wildman–Crippen MR) is 91.6 cm³/mol. The highest BCUT2D eigenvalue weighted by Gasteiger charge is 2.27. The molecule has 0 radical (unpaired) electrons. The van der Waals surface area contributed by atoms with E-state index in [0.29, 0.717) is 0 Å². The summed E-state index contributed by atoms with van der Waals surface area (Å²) < 4.78 is 36.2. The summed E-state index contributed by atoms with van der Waals surface area (Å²) in [5.41, 5.74) is 2.34. The van der Waals surface area contributed by atoms with Crippen LogP contribution in [0.25, 0.3) is 0 Å². The fraction of sp³-hybridized carbons (Fsp3) is 0.714. The van der Waals surface area contributed by atoms with Crippen LogP contribution in [0.15, 0.2) is 23.3 Å². The van der Waals surface area contributed by atoms with E-state index in [0.717, 1.165) is 37.9 Å². The van der Waals surface area contributed by atoms with Crippen molar-refractivity contribution in [3.63, 3.8) is 0 Å². The molecule has 0 aliphatic heterocycles. The molecule has 24 heavy (non-hydrogen) atoms. The Morgan fingerprint density at radius 2 is 1.88 bits per heavy atom. The van der Waals surface area contributed by atoms with Crippen LogP contribution in [-0.4, -0.2) is 25.6 Å². The highest BCUT2D eigenvalue weighted by atomic mass is 32.1. The molecule has 0 rings (SSSR count). The van der Waals surface area contributed by atoms with Crippen molar-refractivity contribution in [1.29, 1.82) is 0 Å². The summed E-state index contributed by atoms with van der Waals surface area (Å²) >= 11 is 0. The smallest absolute Gasteiger partial charge is 0.385 e. The van der Waals surface area contributed by atoms with Gasteiger partial charge >= 0.3 is 7.28 Å². The Hall–Kier alpha value is -0.430. The van der Waals surface area contributed by atoms with Crippen LogP contribution in [0.3, 0.4) is 0 Å². The summed E-state index contributed by atoms with van der Waals surface area (Å²) in [5, 5.41) is 14.6. The monoisotopic (exact) mass is 386 g/mol. The first-order valence-electron chi connectivity index (χ1n) is 7.03. The molecule has 0 aromatic heterocycles. The zero-order chi connectivity index (χ0) is 17.6. The highest BCUT2D eigenvalue weighted by molar-refractivity contribution is 8.14. The molecule has 0 fully saturated rings. The largest absolute Gasteiger partial charge is 0.449 e. The van der Waals surface area contributed by atoms with Crippen molar-refractivity contribution in [3.8, 4) is 0 Å². The van der Waals surface area contributed by atoms with Gasteiger partial charge in [0.15, 0.2) is 0 Å². The number of hydrogen-bond donors (Lipinski definition) is 1. The molecule has 8 nitrogen and oxygen atoms in total. The summed E-state index contributed by atoms with van der Waals surface area (Å²) in [4.78, 5) is 0. The molecule has 0 spiro atoms. The van der Waals surface area contributed by atoms with Crippen LogP contribution in [0.1, 0.15) is 47.0 Å². The maximum absolute atomic E-state index is 11.6. The minimum Gasteiger partial charge on any atom is -0.385 e. The van der Waals surface area contributed by atoms with E-state index < -0.39 is 15.4 Å². The number of ether oxygens (including phenoxy) is 1. The van der Waals surface area contributed by atoms with E-state index in [9.17, 15) is 9.13 Å². The van der Waals surface area contributed by atoms with Gasteiger partial charge in [-0.25, -0.2) is 9.82 Å². The molecule has 0 aliphatic carbocycles. The average molecular weight is 386 g/mol. The number of rotatable bonds is 14. The molecule has 0 heterocycles. The molecular weight excluding hydrogens is 358 g/mol. The minimum absolute atomic E-state index is 0. The molecule has 0 amide bonds. The van der Waals surface area contributed by atoms with Gasteiger partial charge in [0, 0.05) is 13.7 Å². The SMILES string of the molecule is C.COCCC/C(C)=C/CC/C(C)=C/COP(=O)(OOOO)P=O. The molecule has 142 valence electrons. The summed E-state index contributed by atoms with van der Waals surface area (Å²) in [6.45, 7) is 4.69. The first kappa shape index (κ1) is 25.8. The van der Waals surface area contributed by atoms with Crippen molar-refractivity contribution < 1.29 is 38.4 Å². The van der Waals surface area contributed by atoms with Gasteiger partial charge in [0.2, 0.25) is 0 Å². The van der Waals surface area contributed by atoms with Gasteiger partial charge < -0.3 is 4.74 Å². The minimum atomic E-state index is -3.99. The molecule has 1 N–H and O–H groups in total. The lowest BCUT2D eigenvalue weighted by molar-refractivity contribution is -0.595. The van der Waals surface area contributed by atoms with Gasteiger partial charge in [-0.3, -0.25) is 9.09 Å². The Balaban J connectivity index is 0. The van der Waals surface area contributed by atoms with Gasteiger partial charge in [0.05, 0.1) is 6.61 Å². The van der Waals surface area contributed by atoms with E-state index in [2.05, 4.69) is 27.8 Å². The van der Waals surface area contributed by atoms with Gasteiger partial charge in [0.25, 0.3) is 8.15 Å². The van der Waals surface area contributed by atoms with Gasteiger partial charge in [-0.2, -0.15) is 0 Å². The Bertz CT molecular complexity index is 436. The van der Waals surface area contributed by atoms with Gasteiger partial charge in [-0.1, -0.05) is 30.7 Å². The molecule has 1 unspecified atom stereocenters. The van der Waals surface area contributed by atoms with Crippen molar-refractivity contribution in [2.45, 2.75) is 47.0 Å². The lowest BCUT2D eigenvalue weighted by Crippen LogP contribution is -1.94. The molecule has 10 heteroatoms. The zero-order valence-corrected chi connectivity index (χ0v) is 15.4. The molecule has 1 atom stereocenters. The second kappa shape index (κ2) is 16.1. The first-order chi connectivity index (χ1) is 11.0. The van der Waals surface area contributed by atoms with Gasteiger partial charge in [-0.15, -0.1) is 4.67 Å². The molecule has 0 saturated heterocycles. The summed E-state index contributed by atoms with van der Waals surface area (Å²) in [5.74, 6) is 0. The zero-order valence-electron chi connectivity index (χ0n) is 13.6. The third kappa shape index (κ3) is 14.0. The van der Waals surface area contributed by atoms with Crippen LogP contribution in [0.2, 0.25) is 0 Å². The number of methoxy groups -OCH3 is 1. The highest BCUT2D eigenvalue weighted by Crippen LogP contribution is 2.60. The maximum atomic E-state index is 11.6. The third-order valence-corrected chi connectivity index (χ3v) is 4.95. The average Bonchev–Trinajstić information content (AvgIpc) is 2.53. The lowest BCUT2D eigenvalue weighted by Gasteiger charge is -2.07. The maximum Gasteiger partial charge on any atom is 0.449 e. The van der Waals surface area contributed by atoms with E-state index in [1.165, 1.54) is 5.57 Å². The number of allylic oxidation sites excluding steroid dienone is 3. The Kier molecular flexibility index (Phi) is 17.3. The molecule has 0 bridgehead atoms. The second-order valence-corrected chi connectivity index (χ2v) is 8.27. The van der Waals surface area contributed by atoms with Crippen LogP contribution >= 0.6 is 15.4 Å². The predicted octanol–water partition coefficient (Wildman–Crippen LogP) is 5.49. The molecule has 0 aromatic rings. The van der Waals surface area contributed by atoms with E-state index in [-0.39, 0.29) is 14.0 Å². The van der Waals surface area contributed by atoms with Gasteiger partial charge in [0.1, 0.15) is 0 Å². The molecule has 0 saturated carbocycles. The van der Waals surface area contributed by atoms with E-state index in [4.69, 9.17) is 14.5 Å². The van der Waals surface area contributed by atoms with Crippen molar-refractivity contribution in [1.82, 2.24) is 0 Å². The quantitative estimate of drug-likeness (QED) is 0.137. The molecule has 0 aromatic carbocycles. The lowest BCUT2D eigenvalue weighted by atomic mass is 10.1. The van der Waals surface area contributed by atoms with Crippen LogP contribution < -0.4 is 0 Å². The first-order valence-corrected chi connectivity index (χ1v) is 10.1. The van der Waals surface area contributed by atoms with Crippen molar-refractivity contribution >= 4 is 15.4 Å². The van der Waals surface area contributed by atoms with Crippen LogP contribution in [0.5, 0.6) is 0 Å². The van der Waals surface area contributed by atoms with E-state index >= 15 is 0 Å². The van der Waals surface area contributed by atoms with Crippen molar-refractivity contribution in [2.24, 2.45) is 0 Å². The Morgan fingerprint density at radius 1 is 1.21 bits per heavy atom. The fourth-order valence-electron chi connectivity index (χ4n) is 1.63. The fourth-order valence-corrected chi connectivity index (χ4v) is 2.62. The van der Waals surface area contributed by atoms with Crippen molar-refractivity contribution in [2.75, 3.05) is 20.3 Å². The standard InChI is InChI=1S/C13H24O8P2.CH4/c1-12(8-5-10-17-3)6-4-7-13(2)9-11-18-23(16,22-15)21-20-19-14;/h6,9,14H,4-5,7-8,10-11H2,1-3H3;1H4/b12-6+,13-9+;. The Labute approximate surface area is 145 Å². The molecule has 0 aliphatic rings. The number of hydrogen-bond acceptors (Lipinski definition) is 8. The second-order valence-electron chi connectivity index (χ2n) is 4.80. The van der Waals surface area contributed by atoms with Crippen LogP contribution in [-0.2, 0) is 33.1 Å². The summed E-state index contributed by atoms with van der Waals surface area (Å²) in [6, 6.07) is 0. The molecular formula is C14H28O8P2. The van der Waals surface area contributed by atoms with Crippen LogP contribution in [0, 0.1) is 0 Å². The van der Waals surface area contributed by atoms with Gasteiger partial charge in [-0.05, 0) is 49.6 Å². The topological polar surface area (TPSA) is 101 Å². The van der Waals surface area contributed by atoms with Crippen molar-refractivity contribution in [3.05, 3.63) is 23.3 Å². The van der Waals surface area contributed by atoms with E-state index in [1.807, 2.05) is 6.92 Å². The van der Waals surface area contributed by atoms with Crippen LogP contribution in [0.4, 0.5) is 0 Å². The summed E-state index contributed by atoms with van der Waals surface area (Å²) in [6.07, 6.45) is 7.60. The summed E-state index contributed by atoms with van der Waals surface area (Å²) in [7, 11) is -3.20. The van der Waals surface area contributed by atoms with E-state index in [1.54, 1.807) is 13.2 Å². The Morgan fingerprint density at radius 3 is 2.46 bits per heavy atom.